The molecule has 0 bridgehead atoms. The third kappa shape index (κ3) is 4.33. The minimum Gasteiger partial charge on any atom is -0.346 e. The van der Waals surface area contributed by atoms with Gasteiger partial charge in [0, 0.05) is 19.2 Å². The van der Waals surface area contributed by atoms with Gasteiger partial charge in [-0.05, 0) is 43.0 Å². The number of para-hydroxylation sites is 2. The van der Waals surface area contributed by atoms with Crippen molar-refractivity contribution in [3.8, 4) is 0 Å². The van der Waals surface area contributed by atoms with Crippen LogP contribution in [0.2, 0.25) is 0 Å². The fourth-order valence-corrected chi connectivity index (χ4v) is 3.83. The molecule has 0 unspecified atom stereocenters. The molecule has 3 heterocycles. The zero-order valence-corrected chi connectivity index (χ0v) is 17.6. The maximum atomic E-state index is 12.6. The van der Waals surface area contributed by atoms with E-state index in [2.05, 4.69) is 34.1 Å². The molecule has 4 rings (SSSR count). The predicted molar refractivity (Wildman–Crippen MR) is 115 cm³/mol. The van der Waals surface area contributed by atoms with Crippen LogP contribution in [0.4, 0.5) is 0 Å². The Morgan fingerprint density at radius 1 is 1.13 bits per heavy atom. The molecule has 31 heavy (non-hydrogen) atoms. The van der Waals surface area contributed by atoms with Crippen molar-refractivity contribution in [3.63, 3.8) is 0 Å². The highest BCUT2D eigenvalue weighted by atomic mass is 16.2. The third-order valence-electron chi connectivity index (χ3n) is 5.30. The number of rotatable bonds is 8. The smallest absolute Gasteiger partial charge is 0.280 e. The van der Waals surface area contributed by atoms with Gasteiger partial charge in [0.1, 0.15) is 11.5 Å². The van der Waals surface area contributed by atoms with E-state index in [4.69, 9.17) is 0 Å². The summed E-state index contributed by atoms with van der Waals surface area (Å²) in [6, 6.07) is 10.8. The first-order valence-electron chi connectivity index (χ1n) is 10.5. The van der Waals surface area contributed by atoms with Crippen LogP contribution >= 0.6 is 0 Å². The van der Waals surface area contributed by atoms with E-state index in [1.54, 1.807) is 12.1 Å². The summed E-state index contributed by atoms with van der Waals surface area (Å²) >= 11 is 0. The average molecular weight is 419 g/mol. The van der Waals surface area contributed by atoms with Crippen molar-refractivity contribution >= 4 is 28.8 Å². The van der Waals surface area contributed by atoms with Gasteiger partial charge in [0.15, 0.2) is 0 Å². The molecule has 1 aromatic carbocycles. The van der Waals surface area contributed by atoms with Gasteiger partial charge in [0.25, 0.3) is 11.8 Å². The Hall–Kier alpha value is -3.55. The second-order valence-corrected chi connectivity index (χ2v) is 8.15. The Morgan fingerprint density at radius 2 is 1.94 bits per heavy atom. The maximum absolute atomic E-state index is 12.6. The molecule has 8 nitrogen and oxygen atoms in total. The largest absolute Gasteiger partial charge is 0.346 e. The predicted octanol–water partition coefficient (Wildman–Crippen LogP) is 3.24. The summed E-state index contributed by atoms with van der Waals surface area (Å²) in [7, 11) is 0. The molecule has 2 N–H and O–H groups in total. The van der Waals surface area contributed by atoms with Crippen LogP contribution in [0.5, 0.6) is 0 Å². The number of nitrogens with zero attached hydrogens (tertiary/aromatic N) is 3. The van der Waals surface area contributed by atoms with Crippen LogP contribution in [0.25, 0.3) is 11.0 Å². The van der Waals surface area contributed by atoms with E-state index in [1.165, 1.54) is 6.20 Å². The number of carbonyl (C=O) groups excluding carboxylic acids is 3. The summed E-state index contributed by atoms with van der Waals surface area (Å²) in [6.07, 6.45) is 2.82. The first kappa shape index (κ1) is 20.7. The number of carbonyl (C=O) groups is 3. The molecule has 3 amide bonds. The lowest BCUT2D eigenvalue weighted by atomic mass is 10.0. The van der Waals surface area contributed by atoms with Crippen molar-refractivity contribution in [2.75, 3.05) is 6.54 Å². The molecule has 1 aliphatic rings. The molecule has 0 radical (unpaired) electrons. The summed E-state index contributed by atoms with van der Waals surface area (Å²) in [5, 5.41) is 3.06. The molecule has 0 saturated carbocycles. The van der Waals surface area contributed by atoms with Gasteiger partial charge in [-0.1, -0.05) is 26.0 Å². The lowest BCUT2D eigenvalue weighted by molar-refractivity contribution is -0.122. The van der Waals surface area contributed by atoms with Gasteiger partial charge in [-0.3, -0.25) is 24.3 Å². The van der Waals surface area contributed by atoms with Crippen LogP contribution in [-0.4, -0.2) is 44.1 Å². The minimum atomic E-state index is -0.402. The molecule has 8 heteroatoms. The van der Waals surface area contributed by atoms with Crippen LogP contribution < -0.4 is 5.32 Å². The van der Waals surface area contributed by atoms with Crippen LogP contribution in [-0.2, 0) is 4.79 Å². The van der Waals surface area contributed by atoms with E-state index >= 15 is 0 Å². The van der Waals surface area contributed by atoms with E-state index in [1.807, 2.05) is 24.3 Å². The van der Waals surface area contributed by atoms with E-state index in [0.29, 0.717) is 17.9 Å². The Labute approximate surface area is 180 Å². The highest BCUT2D eigenvalue weighted by molar-refractivity contribution is 6.20. The number of fused-ring (bicyclic) bond motifs is 2. The van der Waals surface area contributed by atoms with E-state index in [0.717, 1.165) is 28.2 Å². The Kier molecular flexibility index (Phi) is 5.79. The van der Waals surface area contributed by atoms with Crippen LogP contribution in [0.1, 0.15) is 65.8 Å². The summed E-state index contributed by atoms with van der Waals surface area (Å²) in [5.74, 6) is 0.203. The summed E-state index contributed by atoms with van der Waals surface area (Å²) < 4.78 is 0. The number of nitrogens with one attached hydrogen (secondary N) is 2. The normalized spacial score (nSPS) is 14.4. The van der Waals surface area contributed by atoms with Crippen LogP contribution in [0, 0.1) is 5.92 Å². The lowest BCUT2D eigenvalue weighted by Gasteiger charge is -2.19. The molecule has 1 atom stereocenters. The summed E-state index contributed by atoms with van der Waals surface area (Å²) in [4.78, 5) is 50.5. The minimum absolute atomic E-state index is 0.138. The third-order valence-corrected chi connectivity index (χ3v) is 5.30. The molecule has 0 saturated heterocycles. The number of imide groups is 1. The zero-order valence-electron chi connectivity index (χ0n) is 17.6. The Bertz CT molecular complexity index is 1070. The van der Waals surface area contributed by atoms with Gasteiger partial charge < -0.3 is 10.3 Å². The van der Waals surface area contributed by atoms with Crippen molar-refractivity contribution in [1.82, 2.24) is 25.2 Å². The van der Waals surface area contributed by atoms with Crippen molar-refractivity contribution in [2.24, 2.45) is 5.92 Å². The van der Waals surface area contributed by atoms with Crippen molar-refractivity contribution in [2.45, 2.75) is 39.2 Å². The second kappa shape index (κ2) is 8.67. The highest BCUT2D eigenvalue weighted by Crippen LogP contribution is 2.23. The molecular formula is C23H25N5O3. The Morgan fingerprint density at radius 3 is 2.68 bits per heavy atom. The van der Waals surface area contributed by atoms with Crippen LogP contribution in [0.3, 0.4) is 0 Å². The van der Waals surface area contributed by atoms with Gasteiger partial charge in [-0.2, -0.15) is 0 Å². The molecular weight excluding hydrogens is 394 g/mol. The number of pyridine rings is 1. The van der Waals surface area contributed by atoms with Gasteiger partial charge >= 0.3 is 0 Å². The standard InChI is InChI=1S/C23H25N5O3/c1-14(2)13-18(21-26-16-8-3-4-9-17(16)27-21)25-19(29)10-6-12-28-22(30)15-7-5-11-24-20(15)23(28)31/h3-5,7-9,11,14,18H,6,10,12-13H2,1-2H3,(H,25,29)(H,26,27)/t18-/m1/s1. The molecule has 160 valence electrons. The number of amides is 3. The van der Waals surface area contributed by atoms with E-state index < -0.39 is 5.91 Å². The van der Waals surface area contributed by atoms with Crippen molar-refractivity contribution < 1.29 is 14.4 Å². The quantitative estimate of drug-likeness (QED) is 0.545. The molecule has 0 fully saturated rings. The zero-order chi connectivity index (χ0) is 22.0. The number of hydrogen-bond acceptors (Lipinski definition) is 5. The fraction of sp³-hybridized carbons (Fsp3) is 0.348. The number of hydrogen-bond donors (Lipinski definition) is 2. The fourth-order valence-electron chi connectivity index (χ4n) is 3.83. The molecule has 0 aliphatic carbocycles. The van der Waals surface area contributed by atoms with Gasteiger partial charge in [-0.15, -0.1) is 0 Å². The number of imidazole rings is 1. The number of H-pyrrole nitrogens is 1. The topological polar surface area (TPSA) is 108 Å². The van der Waals surface area contributed by atoms with E-state index in [9.17, 15) is 14.4 Å². The van der Waals surface area contributed by atoms with Gasteiger partial charge in [-0.25, -0.2) is 4.98 Å². The first-order valence-corrected chi connectivity index (χ1v) is 10.5. The maximum Gasteiger partial charge on any atom is 0.280 e. The summed E-state index contributed by atoms with van der Waals surface area (Å²) in [6.45, 7) is 4.37. The Balaban J connectivity index is 1.36. The summed E-state index contributed by atoms with van der Waals surface area (Å²) in [5.41, 5.74) is 2.29. The number of aromatic nitrogens is 3. The number of benzene rings is 1. The monoisotopic (exact) mass is 419 g/mol. The lowest BCUT2D eigenvalue weighted by Crippen LogP contribution is -2.33. The highest BCUT2D eigenvalue weighted by Gasteiger charge is 2.36. The van der Waals surface area contributed by atoms with Crippen LogP contribution in [0.15, 0.2) is 42.6 Å². The average Bonchev–Trinajstić information content (AvgIpc) is 3.28. The van der Waals surface area contributed by atoms with Gasteiger partial charge in [0.05, 0.1) is 22.6 Å². The molecule has 3 aromatic rings. The SMILES string of the molecule is CC(C)C[C@@H](NC(=O)CCCN1C(=O)c2cccnc2C1=O)c1nc2ccccc2[nH]1. The first-order chi connectivity index (χ1) is 14.9. The van der Waals surface area contributed by atoms with Crippen molar-refractivity contribution in [3.05, 3.63) is 59.7 Å². The van der Waals surface area contributed by atoms with Gasteiger partial charge in [0.2, 0.25) is 5.91 Å². The van der Waals surface area contributed by atoms with Crippen molar-refractivity contribution in [1.29, 1.82) is 0 Å². The molecule has 0 spiro atoms. The van der Waals surface area contributed by atoms with E-state index in [-0.39, 0.29) is 36.5 Å². The molecule has 1 aliphatic heterocycles. The molecule has 2 aromatic heterocycles. The second-order valence-electron chi connectivity index (χ2n) is 8.15. The number of aromatic amines is 1.